The fourth-order valence-electron chi connectivity index (χ4n) is 4.45. The van der Waals surface area contributed by atoms with E-state index in [1.54, 1.807) is 18.6 Å². The zero-order valence-corrected chi connectivity index (χ0v) is 16.0. The maximum Gasteiger partial charge on any atom is 0.165 e. The molecule has 0 unspecified atom stereocenters. The van der Waals surface area contributed by atoms with Crippen LogP contribution in [0.2, 0.25) is 0 Å². The lowest BCUT2D eigenvalue weighted by Gasteiger charge is -2.36. The number of hydrogen-bond acceptors (Lipinski definition) is 5. The van der Waals surface area contributed by atoms with Crippen molar-refractivity contribution in [2.45, 2.75) is 18.9 Å². The number of pyridine rings is 3. The molecular weight excluding hydrogens is 367 g/mol. The average Bonchev–Trinajstić information content (AvgIpc) is 3.55. The van der Waals surface area contributed by atoms with Gasteiger partial charge in [0, 0.05) is 55.6 Å². The van der Waals surface area contributed by atoms with Gasteiger partial charge in [0.2, 0.25) is 0 Å². The van der Waals surface area contributed by atoms with Crippen LogP contribution in [-0.2, 0) is 0 Å². The van der Waals surface area contributed by atoms with Gasteiger partial charge in [-0.05, 0) is 31.0 Å². The highest BCUT2D eigenvalue weighted by atomic mass is 19.1. The van der Waals surface area contributed by atoms with Gasteiger partial charge in [-0.3, -0.25) is 14.9 Å². The minimum atomic E-state index is -0.266. The fraction of sp³-hybridized carbons (Fsp3) is 0.318. The first kappa shape index (κ1) is 16.9. The second-order valence-electron chi connectivity index (χ2n) is 7.91. The van der Waals surface area contributed by atoms with E-state index in [0.29, 0.717) is 11.3 Å². The Balaban J connectivity index is 1.48. The molecule has 1 aliphatic heterocycles. The molecule has 1 saturated heterocycles. The van der Waals surface area contributed by atoms with Gasteiger partial charge >= 0.3 is 0 Å². The summed E-state index contributed by atoms with van der Waals surface area (Å²) in [6.45, 7) is 3.64. The number of rotatable bonds is 3. The summed E-state index contributed by atoms with van der Waals surface area (Å²) >= 11 is 0. The Morgan fingerprint density at radius 1 is 1.03 bits per heavy atom. The van der Waals surface area contributed by atoms with Gasteiger partial charge in [-0.1, -0.05) is 0 Å². The third kappa shape index (κ3) is 2.84. The van der Waals surface area contributed by atoms with E-state index in [9.17, 15) is 0 Å². The molecular formula is C22H21FN6. The van der Waals surface area contributed by atoms with Gasteiger partial charge in [0.25, 0.3) is 0 Å². The number of H-pyrrole nitrogens is 1. The highest BCUT2D eigenvalue weighted by molar-refractivity contribution is 6.12. The second-order valence-corrected chi connectivity index (χ2v) is 7.91. The molecule has 4 aromatic rings. The van der Waals surface area contributed by atoms with Crippen LogP contribution >= 0.6 is 0 Å². The van der Waals surface area contributed by atoms with Crippen LogP contribution < -0.4 is 4.90 Å². The Hall–Kier alpha value is -3.06. The van der Waals surface area contributed by atoms with Gasteiger partial charge in [-0.15, -0.1) is 0 Å². The SMILES string of the molecule is Fc1cnc2[nH]c3cnc(-c4cccnc4)cc3c2c1N1CCN(C2CC2)CC1. The van der Waals surface area contributed by atoms with Gasteiger partial charge < -0.3 is 9.88 Å². The largest absolute Gasteiger partial charge is 0.366 e. The minimum absolute atomic E-state index is 0.266. The van der Waals surface area contributed by atoms with Crippen molar-refractivity contribution in [2.75, 3.05) is 31.1 Å². The van der Waals surface area contributed by atoms with Crippen molar-refractivity contribution in [3.8, 4) is 11.3 Å². The van der Waals surface area contributed by atoms with Crippen LogP contribution in [0.1, 0.15) is 12.8 Å². The van der Waals surface area contributed by atoms with Crippen LogP contribution in [0.3, 0.4) is 0 Å². The number of halogens is 1. The Kier molecular flexibility index (Phi) is 3.77. The monoisotopic (exact) mass is 388 g/mol. The number of nitrogens with zero attached hydrogens (tertiary/aromatic N) is 5. The fourth-order valence-corrected chi connectivity index (χ4v) is 4.45. The van der Waals surface area contributed by atoms with Crippen LogP contribution in [0.5, 0.6) is 0 Å². The number of aromatic amines is 1. The smallest absolute Gasteiger partial charge is 0.165 e. The molecule has 6 nitrogen and oxygen atoms in total. The summed E-state index contributed by atoms with van der Waals surface area (Å²) in [4.78, 5) is 21.1. The normalized spacial score (nSPS) is 18.0. The first-order valence-electron chi connectivity index (χ1n) is 10.1. The van der Waals surface area contributed by atoms with Gasteiger partial charge in [-0.25, -0.2) is 9.37 Å². The lowest BCUT2D eigenvalue weighted by atomic mass is 10.1. The molecule has 0 amide bonds. The van der Waals surface area contributed by atoms with Crippen molar-refractivity contribution in [1.82, 2.24) is 24.8 Å². The third-order valence-electron chi connectivity index (χ3n) is 6.08. The molecule has 1 N–H and O–H groups in total. The van der Waals surface area contributed by atoms with Crippen molar-refractivity contribution >= 4 is 27.6 Å². The maximum atomic E-state index is 15.0. The Labute approximate surface area is 167 Å². The average molecular weight is 388 g/mol. The summed E-state index contributed by atoms with van der Waals surface area (Å²) in [5.74, 6) is -0.266. The predicted molar refractivity (Wildman–Crippen MR) is 111 cm³/mol. The number of aromatic nitrogens is 4. The minimum Gasteiger partial charge on any atom is -0.366 e. The summed E-state index contributed by atoms with van der Waals surface area (Å²) < 4.78 is 15.0. The van der Waals surface area contributed by atoms with E-state index in [2.05, 4.69) is 29.7 Å². The summed E-state index contributed by atoms with van der Waals surface area (Å²) in [5, 5.41) is 1.79. The Morgan fingerprint density at radius 2 is 1.90 bits per heavy atom. The van der Waals surface area contributed by atoms with Crippen molar-refractivity contribution in [3.63, 3.8) is 0 Å². The zero-order chi connectivity index (χ0) is 19.4. The highest BCUT2D eigenvalue weighted by Gasteiger charge is 2.32. The van der Waals surface area contributed by atoms with Crippen LogP contribution in [0.4, 0.5) is 10.1 Å². The molecule has 1 saturated carbocycles. The predicted octanol–water partition coefficient (Wildman–Crippen LogP) is 3.60. The van der Waals surface area contributed by atoms with E-state index >= 15 is 4.39 Å². The standard InChI is InChI=1S/C22H21FN6/c23-17-12-26-22-20(21(17)29-8-6-28(7-9-29)15-3-4-15)16-10-18(25-13-19(16)27-22)14-2-1-5-24-11-14/h1-2,5,10-13,15H,3-4,6-9H2,(H,26,27). The van der Waals surface area contributed by atoms with Gasteiger partial charge in [0.15, 0.2) is 5.82 Å². The van der Waals surface area contributed by atoms with E-state index in [-0.39, 0.29) is 5.82 Å². The van der Waals surface area contributed by atoms with Crippen LogP contribution in [-0.4, -0.2) is 57.1 Å². The molecule has 0 radical (unpaired) electrons. The summed E-state index contributed by atoms with van der Waals surface area (Å²) in [6.07, 6.45) is 9.27. The molecule has 4 aromatic heterocycles. The zero-order valence-electron chi connectivity index (χ0n) is 16.0. The molecule has 5 heterocycles. The maximum absolute atomic E-state index is 15.0. The molecule has 146 valence electrons. The highest BCUT2D eigenvalue weighted by Crippen LogP contribution is 2.37. The first-order chi connectivity index (χ1) is 14.3. The van der Waals surface area contributed by atoms with Crippen molar-refractivity contribution in [2.24, 2.45) is 0 Å². The van der Waals surface area contributed by atoms with E-state index in [1.807, 2.05) is 18.2 Å². The second kappa shape index (κ2) is 6.49. The Bertz CT molecular complexity index is 1190. The van der Waals surface area contributed by atoms with Crippen LogP contribution in [0, 0.1) is 5.82 Å². The van der Waals surface area contributed by atoms with Gasteiger partial charge in [-0.2, -0.15) is 0 Å². The van der Waals surface area contributed by atoms with E-state index < -0.39 is 0 Å². The molecule has 0 aromatic carbocycles. The summed E-state index contributed by atoms with van der Waals surface area (Å²) in [6, 6.07) is 6.63. The quantitative estimate of drug-likeness (QED) is 0.581. The lowest BCUT2D eigenvalue weighted by Crippen LogP contribution is -2.47. The molecule has 29 heavy (non-hydrogen) atoms. The van der Waals surface area contributed by atoms with Crippen molar-refractivity contribution < 1.29 is 4.39 Å². The number of piperazine rings is 1. The third-order valence-corrected chi connectivity index (χ3v) is 6.08. The van der Waals surface area contributed by atoms with E-state index in [4.69, 9.17) is 0 Å². The first-order valence-corrected chi connectivity index (χ1v) is 10.1. The van der Waals surface area contributed by atoms with Crippen LogP contribution in [0.25, 0.3) is 33.2 Å². The van der Waals surface area contributed by atoms with Crippen molar-refractivity contribution in [1.29, 1.82) is 0 Å². The molecule has 0 atom stereocenters. The number of anilines is 1. The van der Waals surface area contributed by atoms with Gasteiger partial charge in [0.05, 0.1) is 34.7 Å². The lowest BCUT2D eigenvalue weighted by molar-refractivity contribution is 0.247. The molecule has 1 aliphatic carbocycles. The molecule has 2 aliphatic rings. The number of nitrogens with one attached hydrogen (secondary N) is 1. The number of fused-ring (bicyclic) bond motifs is 3. The van der Waals surface area contributed by atoms with Gasteiger partial charge in [0.1, 0.15) is 5.65 Å². The molecule has 0 bridgehead atoms. The number of hydrogen-bond donors (Lipinski definition) is 1. The molecule has 7 heteroatoms. The molecule has 0 spiro atoms. The molecule has 2 fully saturated rings. The van der Waals surface area contributed by atoms with Crippen LogP contribution in [0.15, 0.2) is 43.0 Å². The van der Waals surface area contributed by atoms with E-state index in [1.165, 1.54) is 19.0 Å². The van der Waals surface area contributed by atoms with E-state index in [0.717, 1.165) is 59.8 Å². The summed E-state index contributed by atoms with van der Waals surface area (Å²) in [7, 11) is 0. The Morgan fingerprint density at radius 3 is 2.66 bits per heavy atom. The summed E-state index contributed by atoms with van der Waals surface area (Å²) in [5.41, 5.74) is 3.97. The topological polar surface area (TPSA) is 60.9 Å². The van der Waals surface area contributed by atoms with Crippen molar-refractivity contribution in [3.05, 3.63) is 48.8 Å². The molecule has 6 rings (SSSR count).